The number of benzene rings is 2. The van der Waals surface area contributed by atoms with Gasteiger partial charge in [0.25, 0.3) is 0 Å². The minimum atomic E-state index is -0.558. The lowest BCUT2D eigenvalue weighted by Gasteiger charge is -2.18. The van der Waals surface area contributed by atoms with Crippen molar-refractivity contribution in [2.75, 3.05) is 7.05 Å². The monoisotopic (exact) mass is 403 g/mol. The summed E-state index contributed by atoms with van der Waals surface area (Å²) in [6, 6.07) is 9.53. The molecule has 0 fully saturated rings. The van der Waals surface area contributed by atoms with Crippen LogP contribution in [0, 0.1) is 11.6 Å². The Bertz CT molecular complexity index is 597. The van der Waals surface area contributed by atoms with Crippen LogP contribution in [0.5, 0.6) is 0 Å². The van der Waals surface area contributed by atoms with Gasteiger partial charge < -0.3 is 5.32 Å². The summed E-state index contributed by atoms with van der Waals surface area (Å²) in [4.78, 5) is 0. The quantitative estimate of drug-likeness (QED) is 0.756. The highest BCUT2D eigenvalue weighted by molar-refractivity contribution is 9.11. The molecule has 0 amide bonds. The maximum atomic E-state index is 13.7. The molecule has 0 saturated heterocycles. The van der Waals surface area contributed by atoms with E-state index >= 15 is 0 Å². The van der Waals surface area contributed by atoms with Crippen molar-refractivity contribution in [1.82, 2.24) is 5.32 Å². The Morgan fingerprint density at radius 3 is 2.25 bits per heavy atom. The zero-order valence-corrected chi connectivity index (χ0v) is 13.9. The number of hydrogen-bond acceptors (Lipinski definition) is 1. The highest BCUT2D eigenvalue weighted by Crippen LogP contribution is 2.27. The molecule has 1 N–H and O–H groups in total. The summed E-state index contributed by atoms with van der Waals surface area (Å²) < 4.78 is 28.6. The third-order valence-corrected chi connectivity index (χ3v) is 3.99. The average Bonchev–Trinajstić information content (AvgIpc) is 2.36. The van der Waals surface area contributed by atoms with E-state index in [1.54, 1.807) is 0 Å². The molecule has 0 aliphatic rings. The second kappa shape index (κ2) is 6.78. The van der Waals surface area contributed by atoms with Gasteiger partial charge >= 0.3 is 0 Å². The van der Waals surface area contributed by atoms with Gasteiger partial charge in [-0.25, -0.2) is 8.78 Å². The van der Waals surface area contributed by atoms with E-state index in [9.17, 15) is 8.78 Å². The van der Waals surface area contributed by atoms with E-state index in [2.05, 4.69) is 37.2 Å². The third kappa shape index (κ3) is 3.87. The zero-order chi connectivity index (χ0) is 14.7. The molecular weight excluding hydrogens is 392 g/mol. The van der Waals surface area contributed by atoms with Gasteiger partial charge in [0.2, 0.25) is 0 Å². The predicted octanol–water partition coefficient (Wildman–Crippen LogP) is 4.99. The van der Waals surface area contributed by atoms with E-state index in [0.717, 1.165) is 20.6 Å². The van der Waals surface area contributed by atoms with Crippen molar-refractivity contribution in [3.05, 3.63) is 68.1 Å². The smallest absolute Gasteiger partial charge is 0.129 e. The van der Waals surface area contributed by atoms with Crippen LogP contribution in [0.2, 0.25) is 0 Å². The standard InChI is InChI=1S/C15H13Br2F2N/c1-20-15(10-4-11(16)7-12(17)5-10)6-9-2-3-13(18)8-14(9)19/h2-5,7-8,15,20H,6H2,1H3. The first-order valence-electron chi connectivity index (χ1n) is 6.07. The maximum Gasteiger partial charge on any atom is 0.129 e. The Balaban J connectivity index is 2.28. The molecule has 0 spiro atoms. The molecule has 0 heterocycles. The minimum Gasteiger partial charge on any atom is -0.313 e. The first-order chi connectivity index (χ1) is 9.49. The van der Waals surface area contributed by atoms with Crippen LogP contribution in [0.25, 0.3) is 0 Å². The lowest BCUT2D eigenvalue weighted by molar-refractivity contribution is 0.540. The number of halogens is 4. The molecule has 1 atom stereocenters. The molecule has 0 aliphatic heterocycles. The summed E-state index contributed by atoms with van der Waals surface area (Å²) in [6.07, 6.45) is 0.450. The lowest BCUT2D eigenvalue weighted by atomic mass is 9.98. The highest BCUT2D eigenvalue weighted by atomic mass is 79.9. The normalized spacial score (nSPS) is 12.4. The summed E-state index contributed by atoms with van der Waals surface area (Å²) in [6.45, 7) is 0. The van der Waals surface area contributed by atoms with Crippen LogP contribution in [0.1, 0.15) is 17.2 Å². The zero-order valence-electron chi connectivity index (χ0n) is 10.8. The summed E-state index contributed by atoms with van der Waals surface area (Å²) in [5, 5.41) is 3.16. The van der Waals surface area contributed by atoms with Gasteiger partial charge in [-0.1, -0.05) is 37.9 Å². The predicted molar refractivity (Wildman–Crippen MR) is 83.7 cm³/mol. The fraction of sp³-hybridized carbons (Fsp3) is 0.200. The summed E-state index contributed by atoms with van der Waals surface area (Å²) in [5.74, 6) is -1.07. The van der Waals surface area contributed by atoms with Gasteiger partial charge in [0.15, 0.2) is 0 Å². The minimum absolute atomic E-state index is 0.0521. The van der Waals surface area contributed by atoms with E-state index in [4.69, 9.17) is 0 Å². The average molecular weight is 405 g/mol. The van der Waals surface area contributed by atoms with Gasteiger partial charge in [0.1, 0.15) is 11.6 Å². The van der Waals surface area contributed by atoms with E-state index in [0.29, 0.717) is 12.0 Å². The van der Waals surface area contributed by atoms with Gasteiger partial charge in [-0.05, 0) is 48.9 Å². The number of nitrogens with one attached hydrogen (secondary N) is 1. The molecule has 106 valence electrons. The molecule has 0 saturated carbocycles. The fourth-order valence-corrected chi connectivity index (χ4v) is 3.40. The Kier molecular flexibility index (Phi) is 5.29. The molecule has 1 unspecified atom stereocenters. The van der Waals surface area contributed by atoms with Gasteiger partial charge in [-0.3, -0.25) is 0 Å². The van der Waals surface area contributed by atoms with Gasteiger partial charge in [0, 0.05) is 21.1 Å². The van der Waals surface area contributed by atoms with Crippen LogP contribution in [0.3, 0.4) is 0 Å². The highest BCUT2D eigenvalue weighted by Gasteiger charge is 2.14. The number of likely N-dealkylation sites (N-methyl/N-ethyl adjacent to an activating group) is 1. The van der Waals surface area contributed by atoms with Crippen molar-refractivity contribution in [2.45, 2.75) is 12.5 Å². The molecule has 0 radical (unpaired) electrons. The van der Waals surface area contributed by atoms with E-state index in [-0.39, 0.29) is 6.04 Å². The SMILES string of the molecule is CNC(Cc1ccc(F)cc1F)c1cc(Br)cc(Br)c1. The second-order valence-corrected chi connectivity index (χ2v) is 6.32. The molecular formula is C15H13Br2F2N. The second-order valence-electron chi connectivity index (χ2n) is 4.48. The number of rotatable bonds is 4. The molecule has 0 aromatic heterocycles. The summed E-state index contributed by atoms with van der Waals surface area (Å²) in [5.41, 5.74) is 1.51. The van der Waals surface area contributed by atoms with Crippen LogP contribution in [0.15, 0.2) is 45.3 Å². The topological polar surface area (TPSA) is 12.0 Å². The molecule has 2 rings (SSSR count). The van der Waals surface area contributed by atoms with Gasteiger partial charge in [-0.15, -0.1) is 0 Å². The largest absolute Gasteiger partial charge is 0.313 e. The summed E-state index contributed by atoms with van der Waals surface area (Å²) >= 11 is 6.88. The van der Waals surface area contributed by atoms with Gasteiger partial charge in [0.05, 0.1) is 0 Å². The van der Waals surface area contributed by atoms with Crippen LogP contribution >= 0.6 is 31.9 Å². The lowest BCUT2D eigenvalue weighted by Crippen LogP contribution is -2.19. The van der Waals surface area contributed by atoms with Crippen molar-refractivity contribution in [3.8, 4) is 0 Å². The fourth-order valence-electron chi connectivity index (χ4n) is 2.07. The Morgan fingerprint density at radius 2 is 1.70 bits per heavy atom. The first-order valence-corrected chi connectivity index (χ1v) is 7.65. The van der Waals surface area contributed by atoms with Crippen molar-refractivity contribution in [2.24, 2.45) is 0 Å². The van der Waals surface area contributed by atoms with Crippen molar-refractivity contribution in [1.29, 1.82) is 0 Å². The van der Waals surface area contributed by atoms with Crippen LogP contribution < -0.4 is 5.32 Å². The van der Waals surface area contributed by atoms with E-state index < -0.39 is 11.6 Å². The van der Waals surface area contributed by atoms with Crippen LogP contribution in [-0.2, 0) is 6.42 Å². The first kappa shape index (κ1) is 15.6. The summed E-state index contributed by atoms with van der Waals surface area (Å²) in [7, 11) is 1.82. The Labute approximate surface area is 133 Å². The Morgan fingerprint density at radius 1 is 1.05 bits per heavy atom. The Hall–Kier alpha value is -0.780. The van der Waals surface area contributed by atoms with Crippen molar-refractivity contribution < 1.29 is 8.78 Å². The molecule has 1 nitrogen and oxygen atoms in total. The van der Waals surface area contributed by atoms with E-state index in [1.165, 1.54) is 12.1 Å². The van der Waals surface area contributed by atoms with Crippen LogP contribution in [-0.4, -0.2) is 7.05 Å². The molecule has 0 aliphatic carbocycles. The molecule has 0 bridgehead atoms. The van der Waals surface area contributed by atoms with Crippen molar-refractivity contribution >= 4 is 31.9 Å². The maximum absolute atomic E-state index is 13.7. The molecule has 2 aromatic rings. The third-order valence-electron chi connectivity index (χ3n) is 3.07. The van der Waals surface area contributed by atoms with Gasteiger partial charge in [-0.2, -0.15) is 0 Å². The van der Waals surface area contributed by atoms with E-state index in [1.807, 2.05) is 25.2 Å². The van der Waals surface area contributed by atoms with Crippen LogP contribution in [0.4, 0.5) is 8.78 Å². The van der Waals surface area contributed by atoms with Crippen molar-refractivity contribution in [3.63, 3.8) is 0 Å². The molecule has 20 heavy (non-hydrogen) atoms. The molecule has 5 heteroatoms. The number of hydrogen-bond donors (Lipinski definition) is 1. The molecule has 2 aromatic carbocycles.